The van der Waals surface area contributed by atoms with Crippen molar-refractivity contribution in [3.8, 4) is 11.5 Å². The quantitative estimate of drug-likeness (QED) is 0.599. The maximum Gasteiger partial charge on any atom is 0.344 e. The van der Waals surface area contributed by atoms with E-state index in [1.807, 2.05) is 6.07 Å². The molecule has 6 heteroatoms. The molecular weight excluding hydrogens is 344 g/mol. The average Bonchev–Trinajstić information content (AvgIpc) is 2.89. The van der Waals surface area contributed by atoms with Crippen molar-refractivity contribution in [1.29, 1.82) is 0 Å². The van der Waals surface area contributed by atoms with Crippen LogP contribution in [-0.2, 0) is 9.53 Å². The van der Waals surface area contributed by atoms with E-state index in [9.17, 15) is 9.59 Å². The number of carbonyl (C=O) groups is 2. The molecule has 5 nitrogen and oxygen atoms in total. The second-order valence-corrected chi connectivity index (χ2v) is 5.68. The zero-order valence-electron chi connectivity index (χ0n) is 13.5. The molecule has 1 aliphatic heterocycles. The zero-order valence-corrected chi connectivity index (χ0v) is 14.2. The summed E-state index contributed by atoms with van der Waals surface area (Å²) in [6, 6.07) is 11.9. The lowest BCUT2D eigenvalue weighted by Gasteiger charge is -2.06. The Labute approximate surface area is 149 Å². The summed E-state index contributed by atoms with van der Waals surface area (Å²) in [7, 11) is 0. The van der Waals surface area contributed by atoms with Gasteiger partial charge in [-0.3, -0.25) is 4.79 Å². The van der Waals surface area contributed by atoms with Gasteiger partial charge >= 0.3 is 5.97 Å². The van der Waals surface area contributed by atoms with E-state index in [-0.39, 0.29) is 18.1 Å². The largest absolute Gasteiger partial charge is 0.482 e. The number of hydrogen-bond donors (Lipinski definition) is 0. The van der Waals surface area contributed by atoms with Crippen molar-refractivity contribution < 1.29 is 23.8 Å². The molecule has 0 saturated carbocycles. The summed E-state index contributed by atoms with van der Waals surface area (Å²) in [6.07, 6.45) is 1.63. The molecule has 1 heterocycles. The number of ketones is 1. The predicted molar refractivity (Wildman–Crippen MR) is 93.0 cm³/mol. The van der Waals surface area contributed by atoms with E-state index in [0.29, 0.717) is 28.7 Å². The Morgan fingerprint density at radius 3 is 2.84 bits per heavy atom. The van der Waals surface area contributed by atoms with Crippen LogP contribution in [0.1, 0.15) is 22.8 Å². The van der Waals surface area contributed by atoms with E-state index in [4.69, 9.17) is 25.8 Å². The second-order valence-electron chi connectivity index (χ2n) is 5.25. The van der Waals surface area contributed by atoms with Crippen LogP contribution in [-0.4, -0.2) is 25.0 Å². The molecule has 3 rings (SSSR count). The molecule has 0 saturated heterocycles. The molecule has 0 N–H and O–H groups in total. The Balaban J connectivity index is 1.76. The van der Waals surface area contributed by atoms with E-state index in [1.54, 1.807) is 49.4 Å². The first-order valence-electron chi connectivity index (χ1n) is 7.69. The fourth-order valence-corrected chi connectivity index (χ4v) is 2.55. The maximum absolute atomic E-state index is 12.4. The first-order chi connectivity index (χ1) is 12.1. The van der Waals surface area contributed by atoms with Crippen LogP contribution >= 0.6 is 11.6 Å². The molecule has 25 heavy (non-hydrogen) atoms. The number of hydrogen-bond acceptors (Lipinski definition) is 5. The summed E-state index contributed by atoms with van der Waals surface area (Å²) >= 11 is 5.95. The molecule has 0 fully saturated rings. The van der Waals surface area contributed by atoms with Gasteiger partial charge < -0.3 is 14.2 Å². The van der Waals surface area contributed by atoms with Crippen molar-refractivity contribution in [3.63, 3.8) is 0 Å². The Bertz CT molecular complexity index is 857. The highest BCUT2D eigenvalue weighted by Crippen LogP contribution is 2.35. The van der Waals surface area contributed by atoms with Crippen LogP contribution < -0.4 is 9.47 Å². The number of benzene rings is 2. The highest BCUT2D eigenvalue weighted by Gasteiger charge is 2.27. The molecule has 0 aromatic heterocycles. The molecule has 0 atom stereocenters. The standard InChI is InChI=1S/C19H15ClO5/c1-2-23-18(21)11-24-14-6-7-15-16(10-14)25-17(19(15)22)9-12-4-3-5-13(20)8-12/h3-10H,2,11H2,1H3. The van der Waals surface area contributed by atoms with Gasteiger partial charge in [0.15, 0.2) is 12.4 Å². The normalized spacial score (nSPS) is 14.2. The minimum absolute atomic E-state index is 0.203. The third-order valence-electron chi connectivity index (χ3n) is 3.45. The van der Waals surface area contributed by atoms with Gasteiger partial charge in [0.05, 0.1) is 12.2 Å². The molecule has 0 unspecified atom stereocenters. The SMILES string of the molecule is CCOC(=O)COc1ccc2c(c1)OC(=Cc1cccc(Cl)c1)C2=O. The van der Waals surface area contributed by atoms with Crippen molar-refractivity contribution in [2.75, 3.05) is 13.2 Å². The van der Waals surface area contributed by atoms with Gasteiger partial charge in [0.2, 0.25) is 5.78 Å². The molecule has 0 aliphatic carbocycles. The third-order valence-corrected chi connectivity index (χ3v) is 3.68. The Morgan fingerprint density at radius 2 is 2.08 bits per heavy atom. The van der Waals surface area contributed by atoms with Crippen LogP contribution in [0.5, 0.6) is 11.5 Å². The van der Waals surface area contributed by atoms with E-state index in [0.717, 1.165) is 5.56 Å². The summed E-state index contributed by atoms with van der Waals surface area (Å²) in [5.41, 5.74) is 1.21. The molecule has 0 bridgehead atoms. The highest BCUT2D eigenvalue weighted by molar-refractivity contribution is 6.30. The molecule has 0 spiro atoms. The van der Waals surface area contributed by atoms with Crippen molar-refractivity contribution in [1.82, 2.24) is 0 Å². The van der Waals surface area contributed by atoms with Gasteiger partial charge in [-0.25, -0.2) is 4.79 Å². The summed E-state index contributed by atoms with van der Waals surface area (Å²) in [5, 5.41) is 0.576. The predicted octanol–water partition coefficient (Wildman–Crippen LogP) is 3.90. The van der Waals surface area contributed by atoms with Crippen molar-refractivity contribution in [2.45, 2.75) is 6.92 Å². The lowest BCUT2D eigenvalue weighted by Crippen LogP contribution is -2.14. The van der Waals surface area contributed by atoms with Gasteiger partial charge in [0, 0.05) is 11.1 Å². The van der Waals surface area contributed by atoms with Crippen molar-refractivity contribution >= 4 is 29.4 Å². The van der Waals surface area contributed by atoms with Gasteiger partial charge in [0.1, 0.15) is 11.5 Å². The smallest absolute Gasteiger partial charge is 0.344 e. The fraction of sp³-hybridized carbons (Fsp3) is 0.158. The molecule has 0 amide bonds. The monoisotopic (exact) mass is 358 g/mol. The van der Waals surface area contributed by atoms with Gasteiger partial charge in [-0.15, -0.1) is 0 Å². The summed E-state index contributed by atoms with van der Waals surface area (Å²) < 4.78 is 15.8. The minimum atomic E-state index is -0.457. The Kier molecular flexibility index (Phi) is 5.05. The topological polar surface area (TPSA) is 61.8 Å². The lowest BCUT2D eigenvalue weighted by atomic mass is 10.1. The number of carbonyl (C=O) groups excluding carboxylic acids is 2. The summed E-state index contributed by atoms with van der Waals surface area (Å²) in [6.45, 7) is 1.81. The van der Waals surface area contributed by atoms with Crippen LogP contribution in [0, 0.1) is 0 Å². The number of ether oxygens (including phenoxy) is 3. The highest BCUT2D eigenvalue weighted by atomic mass is 35.5. The number of fused-ring (bicyclic) bond motifs is 1. The minimum Gasteiger partial charge on any atom is -0.482 e. The summed E-state index contributed by atoms with van der Waals surface area (Å²) in [5.74, 6) is 0.344. The summed E-state index contributed by atoms with van der Waals surface area (Å²) in [4.78, 5) is 23.7. The first-order valence-corrected chi connectivity index (χ1v) is 8.07. The second kappa shape index (κ2) is 7.40. The van der Waals surface area contributed by atoms with Crippen LogP contribution in [0.2, 0.25) is 5.02 Å². The number of halogens is 1. The molecule has 128 valence electrons. The molecule has 2 aromatic rings. The average molecular weight is 359 g/mol. The van der Waals surface area contributed by atoms with E-state index in [1.165, 1.54) is 0 Å². The first kappa shape index (κ1) is 17.0. The van der Waals surface area contributed by atoms with Crippen LogP contribution in [0.25, 0.3) is 6.08 Å². The number of allylic oxidation sites excluding steroid dienone is 1. The molecule has 1 aliphatic rings. The van der Waals surface area contributed by atoms with Gasteiger partial charge in [0.25, 0.3) is 0 Å². The van der Waals surface area contributed by atoms with E-state index in [2.05, 4.69) is 0 Å². The number of Topliss-reactive ketones (excluding diaryl/α,β-unsaturated/α-hetero) is 1. The van der Waals surface area contributed by atoms with Crippen LogP contribution in [0.3, 0.4) is 0 Å². The van der Waals surface area contributed by atoms with E-state index < -0.39 is 5.97 Å². The van der Waals surface area contributed by atoms with Gasteiger partial charge in [-0.2, -0.15) is 0 Å². The maximum atomic E-state index is 12.4. The third kappa shape index (κ3) is 4.00. The number of esters is 1. The fourth-order valence-electron chi connectivity index (χ4n) is 2.35. The van der Waals surface area contributed by atoms with Gasteiger partial charge in [-0.1, -0.05) is 23.7 Å². The lowest BCUT2D eigenvalue weighted by molar-refractivity contribution is -0.145. The molecular formula is C19H15ClO5. The Morgan fingerprint density at radius 1 is 1.24 bits per heavy atom. The van der Waals surface area contributed by atoms with E-state index >= 15 is 0 Å². The van der Waals surface area contributed by atoms with Crippen LogP contribution in [0.4, 0.5) is 0 Å². The Hall–Kier alpha value is -2.79. The number of rotatable bonds is 5. The molecule has 0 radical (unpaired) electrons. The van der Waals surface area contributed by atoms with Crippen LogP contribution in [0.15, 0.2) is 48.2 Å². The zero-order chi connectivity index (χ0) is 17.8. The molecule has 2 aromatic carbocycles. The van der Waals surface area contributed by atoms with Crippen molar-refractivity contribution in [2.24, 2.45) is 0 Å². The van der Waals surface area contributed by atoms with Gasteiger partial charge in [-0.05, 0) is 42.8 Å². The van der Waals surface area contributed by atoms with Crippen molar-refractivity contribution in [3.05, 3.63) is 64.4 Å².